The maximum Gasteiger partial charge on any atom is 0.414 e. The molecule has 0 aromatic heterocycles. The van der Waals surface area contributed by atoms with E-state index < -0.39 is 92.9 Å². The predicted molar refractivity (Wildman–Crippen MR) is 187 cm³/mol. The molecule has 3 aromatic rings. The molecule has 0 amide bonds. The monoisotopic (exact) mass is 1180 g/mol. The van der Waals surface area contributed by atoms with Crippen molar-refractivity contribution in [3.8, 4) is 11.5 Å². The summed E-state index contributed by atoms with van der Waals surface area (Å²) in [5, 5.41) is 68.4. The Balaban J connectivity index is -0.000000843. The Bertz CT molecular complexity index is 1730. The average molecular weight is 1180 g/mol. The molecule has 10 nitrogen and oxygen atoms in total. The standard InChI is InChI=1S/C21H18N2O2.3C5H6F6O2.Gd.Ni/c24-20-11-5-2-8-17(20)14-22-13-16-7-1-4-10-19(16)23-15-18-9-3-6-12-21(18)25;3*6-4(7,8)2(12)1-3(13)5(9,10)11;;/h1-12,14-15,24-25H,13H2;3*2-3,12-13H,1H2;;. The zero-order chi connectivity index (χ0) is 50.1. The van der Waals surface area contributed by atoms with E-state index in [9.17, 15) is 89.2 Å². The molecule has 0 aliphatic heterocycles. The van der Waals surface area contributed by atoms with Gasteiger partial charge in [-0.15, -0.1) is 0 Å². The van der Waals surface area contributed by atoms with E-state index >= 15 is 0 Å². The fraction of sp³-hybridized carbons (Fsp3) is 0.444. The van der Waals surface area contributed by atoms with Gasteiger partial charge in [0.05, 0.1) is 12.2 Å². The van der Waals surface area contributed by atoms with Crippen LogP contribution in [-0.2, 0) is 23.0 Å². The van der Waals surface area contributed by atoms with Gasteiger partial charge in [0.15, 0.2) is 36.6 Å². The largest absolute Gasteiger partial charge is 0.507 e. The van der Waals surface area contributed by atoms with Crippen LogP contribution in [0.25, 0.3) is 0 Å². The van der Waals surface area contributed by atoms with E-state index in [1.165, 1.54) is 0 Å². The number of nitrogens with zero attached hydrogens (tertiary/aromatic N) is 2. The van der Waals surface area contributed by atoms with Crippen molar-refractivity contribution < 1.29 is 176 Å². The molecule has 6 unspecified atom stereocenters. The van der Waals surface area contributed by atoms with Gasteiger partial charge in [-0.3, -0.25) is 9.98 Å². The van der Waals surface area contributed by atoms with Gasteiger partial charge in [-0.2, -0.15) is 79.0 Å². The Hall–Kier alpha value is -3.08. The smallest absolute Gasteiger partial charge is 0.414 e. The Labute approximate surface area is 402 Å². The molecule has 0 aliphatic carbocycles. The van der Waals surface area contributed by atoms with Crippen LogP contribution in [-0.4, -0.2) is 127 Å². The number of benzene rings is 3. The Morgan fingerprint density at radius 3 is 0.955 bits per heavy atom. The topological polar surface area (TPSA) is 187 Å². The van der Waals surface area contributed by atoms with Crippen LogP contribution < -0.4 is 0 Å². The first kappa shape index (κ1) is 67.2. The van der Waals surface area contributed by atoms with Crippen molar-refractivity contribution in [2.45, 2.75) is 99.5 Å². The molecule has 382 valence electrons. The molecule has 0 bridgehead atoms. The molecular weight excluding hydrogens is 1150 g/mol. The van der Waals surface area contributed by atoms with E-state index in [2.05, 4.69) is 9.98 Å². The Kier molecular flexibility index (Phi) is 29.6. The molecule has 6 atom stereocenters. The van der Waals surface area contributed by atoms with E-state index in [1.807, 2.05) is 36.4 Å². The van der Waals surface area contributed by atoms with Gasteiger partial charge < -0.3 is 40.9 Å². The third-order valence-corrected chi connectivity index (χ3v) is 7.31. The van der Waals surface area contributed by atoms with Crippen LogP contribution >= 0.6 is 0 Å². The molecular formula is C36H36F18GdN2NiO8. The molecule has 0 radical (unpaired) electrons. The number of alkyl halides is 18. The van der Waals surface area contributed by atoms with Gasteiger partial charge in [0.25, 0.3) is 0 Å². The quantitative estimate of drug-likeness (QED) is 0.0537. The first-order valence-electron chi connectivity index (χ1n) is 17.0. The zero-order valence-electron chi connectivity index (χ0n) is 32.3. The summed E-state index contributed by atoms with van der Waals surface area (Å²) in [6, 6.07) is 21.8. The van der Waals surface area contributed by atoms with Gasteiger partial charge in [-0.05, 0) is 35.9 Å². The fourth-order valence-corrected chi connectivity index (χ4v) is 3.78. The van der Waals surface area contributed by atoms with Crippen molar-refractivity contribution in [1.82, 2.24) is 0 Å². The molecule has 0 saturated heterocycles. The Morgan fingerprint density at radius 2 is 0.667 bits per heavy atom. The second-order valence-corrected chi connectivity index (χ2v) is 12.5. The Morgan fingerprint density at radius 1 is 0.409 bits per heavy atom. The minimum absolute atomic E-state index is 0. The zero-order valence-corrected chi connectivity index (χ0v) is 35.6. The summed E-state index contributed by atoms with van der Waals surface area (Å²) in [5.41, 5.74) is 3.09. The van der Waals surface area contributed by atoms with Crippen LogP contribution in [0.1, 0.15) is 36.0 Å². The van der Waals surface area contributed by atoms with Gasteiger partial charge in [0.1, 0.15) is 11.5 Å². The van der Waals surface area contributed by atoms with E-state index in [4.69, 9.17) is 30.6 Å². The summed E-state index contributed by atoms with van der Waals surface area (Å²) in [4.78, 5) is 8.87. The molecule has 0 spiro atoms. The minimum Gasteiger partial charge on any atom is -0.507 e. The van der Waals surface area contributed by atoms with E-state index in [0.717, 1.165) is 11.3 Å². The number of para-hydroxylation sites is 3. The van der Waals surface area contributed by atoms with Crippen LogP contribution in [0.4, 0.5) is 84.7 Å². The molecule has 0 aliphatic rings. The number of hydrogen-bond acceptors (Lipinski definition) is 10. The van der Waals surface area contributed by atoms with Crippen LogP contribution in [0.5, 0.6) is 11.5 Å². The van der Waals surface area contributed by atoms with E-state index in [1.54, 1.807) is 48.8 Å². The summed E-state index contributed by atoms with van der Waals surface area (Å²) in [6.45, 7) is 0.447. The number of aromatic hydroxyl groups is 2. The van der Waals surface area contributed by atoms with E-state index in [0.29, 0.717) is 17.7 Å². The number of halogens is 18. The van der Waals surface area contributed by atoms with Crippen molar-refractivity contribution in [1.29, 1.82) is 0 Å². The number of aliphatic imine (C=N–C) groups is 2. The van der Waals surface area contributed by atoms with Gasteiger partial charge in [-0.25, -0.2) is 0 Å². The maximum atomic E-state index is 11.5. The second kappa shape index (κ2) is 29.1. The van der Waals surface area contributed by atoms with Crippen molar-refractivity contribution in [2.24, 2.45) is 9.98 Å². The number of phenolic OH excluding ortho intramolecular Hbond substituents is 2. The van der Waals surface area contributed by atoms with Crippen LogP contribution in [0.15, 0.2) is 82.8 Å². The molecule has 66 heavy (non-hydrogen) atoms. The third kappa shape index (κ3) is 27.7. The minimum atomic E-state index is -5.15. The van der Waals surface area contributed by atoms with Gasteiger partial charge >= 0.3 is 37.1 Å². The number of aliphatic hydroxyl groups is 6. The maximum absolute atomic E-state index is 11.5. The van der Waals surface area contributed by atoms with Crippen molar-refractivity contribution >= 4 is 18.1 Å². The SMILES string of the molecule is OC(CC(O)C(F)(F)F)C(F)(F)F.OC(CC(O)C(F)(F)F)C(F)(F)F.OC(CC(O)C(F)(F)F)C(F)(F)F.Oc1ccccc1C=NCc1ccccc1N=Cc1ccccc1O.[Gd].[Ni]. The number of aliphatic hydroxyl groups excluding tert-OH is 6. The normalized spacial score (nSPS) is 15.2. The van der Waals surface area contributed by atoms with Gasteiger partial charge in [0, 0.05) is 99.3 Å². The predicted octanol–water partition coefficient (Wildman–Crippen LogP) is 8.13. The summed E-state index contributed by atoms with van der Waals surface area (Å²) >= 11 is 0. The first-order valence-corrected chi connectivity index (χ1v) is 17.0. The number of rotatable bonds is 11. The molecule has 3 rings (SSSR count). The molecule has 30 heteroatoms. The van der Waals surface area contributed by atoms with Crippen LogP contribution in [0.3, 0.4) is 0 Å². The summed E-state index contributed by atoms with van der Waals surface area (Å²) in [7, 11) is 0. The van der Waals surface area contributed by atoms with Crippen molar-refractivity contribution in [3.05, 3.63) is 89.5 Å². The average Bonchev–Trinajstić information content (AvgIpc) is 3.14. The number of phenols is 2. The van der Waals surface area contributed by atoms with Crippen molar-refractivity contribution in [3.63, 3.8) is 0 Å². The van der Waals surface area contributed by atoms with Gasteiger partial charge in [0.2, 0.25) is 0 Å². The van der Waals surface area contributed by atoms with Crippen molar-refractivity contribution in [2.75, 3.05) is 0 Å². The molecule has 3 aromatic carbocycles. The molecule has 0 heterocycles. The van der Waals surface area contributed by atoms with Crippen LogP contribution in [0.2, 0.25) is 0 Å². The molecule has 8 N–H and O–H groups in total. The second-order valence-electron chi connectivity index (χ2n) is 12.5. The molecule has 0 saturated carbocycles. The first-order chi connectivity index (χ1) is 28.9. The fourth-order valence-electron chi connectivity index (χ4n) is 3.78. The summed E-state index contributed by atoms with van der Waals surface area (Å²) in [5.74, 6) is 0.401. The molecule has 0 fully saturated rings. The van der Waals surface area contributed by atoms with Gasteiger partial charge in [-0.1, -0.05) is 42.5 Å². The number of hydrogen-bond donors (Lipinski definition) is 8. The van der Waals surface area contributed by atoms with Crippen LogP contribution in [0, 0.1) is 39.9 Å². The summed E-state index contributed by atoms with van der Waals surface area (Å²) < 4.78 is 206. The third-order valence-electron chi connectivity index (χ3n) is 7.31. The summed E-state index contributed by atoms with van der Waals surface area (Å²) in [6.07, 6.45) is -52.0. The van der Waals surface area contributed by atoms with E-state index in [-0.39, 0.29) is 67.9 Å².